The molecule has 0 saturated carbocycles. The van der Waals surface area contributed by atoms with Crippen molar-refractivity contribution in [2.45, 2.75) is 33.2 Å². The van der Waals surface area contributed by atoms with Gasteiger partial charge in [0.15, 0.2) is 0 Å². The highest BCUT2D eigenvalue weighted by Crippen LogP contribution is 2.25. The van der Waals surface area contributed by atoms with Crippen LogP contribution in [0.1, 0.15) is 32.1 Å². The van der Waals surface area contributed by atoms with Crippen LogP contribution >= 0.6 is 0 Å². The first-order valence-electron chi connectivity index (χ1n) is 5.67. The molecule has 90 valence electrons. The summed E-state index contributed by atoms with van der Waals surface area (Å²) in [5.74, 6) is 0.898. The lowest BCUT2D eigenvalue weighted by atomic mass is 10.2. The average molecular weight is 233 g/mol. The predicted molar refractivity (Wildman–Crippen MR) is 66.1 cm³/mol. The van der Waals surface area contributed by atoms with E-state index in [9.17, 15) is 10.1 Å². The number of benzene rings is 1. The number of aromatic nitrogens is 2. The van der Waals surface area contributed by atoms with Crippen molar-refractivity contribution >= 4 is 16.7 Å². The van der Waals surface area contributed by atoms with E-state index in [0.29, 0.717) is 11.6 Å². The summed E-state index contributed by atoms with van der Waals surface area (Å²) in [5.41, 5.74) is 1.74. The van der Waals surface area contributed by atoms with Crippen molar-refractivity contribution in [3.63, 3.8) is 0 Å². The monoisotopic (exact) mass is 233 g/mol. The Morgan fingerprint density at radius 2 is 2.24 bits per heavy atom. The maximum Gasteiger partial charge on any atom is 0.271 e. The first-order chi connectivity index (χ1) is 8.04. The first-order valence-corrected chi connectivity index (χ1v) is 5.67. The molecule has 0 spiro atoms. The Bertz CT molecular complexity index is 574. The highest BCUT2D eigenvalue weighted by atomic mass is 16.6. The molecule has 0 aliphatic heterocycles. The molecule has 2 rings (SSSR count). The average Bonchev–Trinajstić information content (AvgIpc) is 2.62. The number of fused-ring (bicyclic) bond motifs is 1. The van der Waals surface area contributed by atoms with Gasteiger partial charge in [0.05, 0.1) is 16.0 Å². The van der Waals surface area contributed by atoms with Gasteiger partial charge in [-0.1, -0.05) is 6.92 Å². The molecule has 0 unspecified atom stereocenters. The van der Waals surface area contributed by atoms with Crippen molar-refractivity contribution in [3.05, 3.63) is 34.1 Å². The molecule has 0 bridgehead atoms. The van der Waals surface area contributed by atoms with E-state index in [2.05, 4.69) is 23.4 Å². The summed E-state index contributed by atoms with van der Waals surface area (Å²) in [5, 5.41) is 10.7. The fraction of sp³-hybridized carbons (Fsp3) is 0.417. The van der Waals surface area contributed by atoms with Gasteiger partial charge in [-0.15, -0.1) is 0 Å². The number of nitro groups is 1. The van der Waals surface area contributed by atoms with E-state index in [1.807, 2.05) is 6.92 Å². The number of nitrogens with zero attached hydrogens (tertiary/aromatic N) is 3. The quantitative estimate of drug-likeness (QED) is 0.604. The Labute approximate surface area is 99.2 Å². The Kier molecular flexibility index (Phi) is 2.83. The van der Waals surface area contributed by atoms with Crippen molar-refractivity contribution in [3.8, 4) is 0 Å². The lowest BCUT2D eigenvalue weighted by Gasteiger charge is -2.13. The highest BCUT2D eigenvalue weighted by molar-refractivity contribution is 5.78. The van der Waals surface area contributed by atoms with E-state index in [1.54, 1.807) is 6.07 Å². The molecule has 2 aromatic rings. The molecule has 0 aliphatic rings. The standard InChI is InChI=1S/C12H15N3O2/c1-4-8(2)14-9(3)13-11-7-10(15(16)17)5-6-12(11)14/h5-8H,4H2,1-3H3/t8-/m0/s1. The van der Waals surface area contributed by atoms with Crippen LogP contribution in [0.4, 0.5) is 5.69 Å². The van der Waals surface area contributed by atoms with Crippen LogP contribution in [0.5, 0.6) is 0 Å². The molecule has 5 nitrogen and oxygen atoms in total. The van der Waals surface area contributed by atoms with Crippen molar-refractivity contribution in [2.75, 3.05) is 0 Å². The van der Waals surface area contributed by atoms with Crippen LogP contribution in [-0.2, 0) is 0 Å². The summed E-state index contributed by atoms with van der Waals surface area (Å²) in [6.07, 6.45) is 1.00. The van der Waals surface area contributed by atoms with E-state index in [0.717, 1.165) is 17.8 Å². The molecule has 0 amide bonds. The lowest BCUT2D eigenvalue weighted by Crippen LogP contribution is -2.05. The van der Waals surface area contributed by atoms with E-state index in [-0.39, 0.29) is 5.69 Å². The number of hydrogen-bond donors (Lipinski definition) is 0. The molecule has 1 aromatic carbocycles. The van der Waals surface area contributed by atoms with Gasteiger partial charge in [0.25, 0.3) is 5.69 Å². The Balaban J connectivity index is 2.64. The zero-order chi connectivity index (χ0) is 12.6. The second-order valence-corrected chi connectivity index (χ2v) is 4.22. The zero-order valence-corrected chi connectivity index (χ0v) is 10.2. The second kappa shape index (κ2) is 4.16. The third-order valence-electron chi connectivity index (χ3n) is 3.09. The van der Waals surface area contributed by atoms with Gasteiger partial charge in [0.2, 0.25) is 0 Å². The SMILES string of the molecule is CC[C@H](C)n1c(C)nc2cc([N+](=O)[O-])ccc21. The number of imidazole rings is 1. The summed E-state index contributed by atoms with van der Waals surface area (Å²) in [4.78, 5) is 14.7. The first kappa shape index (κ1) is 11.6. The fourth-order valence-corrected chi connectivity index (χ4v) is 2.06. The number of rotatable bonds is 3. The smallest absolute Gasteiger partial charge is 0.271 e. The molecule has 0 aliphatic carbocycles. The fourth-order valence-electron chi connectivity index (χ4n) is 2.06. The van der Waals surface area contributed by atoms with Gasteiger partial charge in [-0.2, -0.15) is 0 Å². The maximum atomic E-state index is 10.7. The Morgan fingerprint density at radius 1 is 1.53 bits per heavy atom. The summed E-state index contributed by atoms with van der Waals surface area (Å²) in [6, 6.07) is 5.19. The molecule has 1 aromatic heterocycles. The molecule has 0 N–H and O–H groups in total. The van der Waals surface area contributed by atoms with Crippen LogP contribution < -0.4 is 0 Å². The third kappa shape index (κ3) is 1.88. The van der Waals surface area contributed by atoms with Crippen molar-refractivity contribution < 1.29 is 4.92 Å². The van der Waals surface area contributed by atoms with E-state index >= 15 is 0 Å². The number of nitro benzene ring substituents is 1. The zero-order valence-electron chi connectivity index (χ0n) is 10.2. The molecule has 1 heterocycles. The van der Waals surface area contributed by atoms with Crippen LogP contribution in [0, 0.1) is 17.0 Å². The molecule has 0 saturated heterocycles. The minimum Gasteiger partial charge on any atom is -0.325 e. The van der Waals surface area contributed by atoms with Crippen molar-refractivity contribution in [2.24, 2.45) is 0 Å². The summed E-state index contributed by atoms with van der Waals surface area (Å²) >= 11 is 0. The van der Waals surface area contributed by atoms with Gasteiger partial charge < -0.3 is 4.57 Å². The number of non-ortho nitro benzene ring substituents is 1. The maximum absolute atomic E-state index is 10.7. The Morgan fingerprint density at radius 3 is 2.82 bits per heavy atom. The van der Waals surface area contributed by atoms with Gasteiger partial charge in [-0.05, 0) is 26.3 Å². The van der Waals surface area contributed by atoms with Crippen LogP contribution in [-0.4, -0.2) is 14.5 Å². The topological polar surface area (TPSA) is 61.0 Å². The van der Waals surface area contributed by atoms with E-state index in [1.165, 1.54) is 12.1 Å². The number of hydrogen-bond acceptors (Lipinski definition) is 3. The Hall–Kier alpha value is -1.91. The van der Waals surface area contributed by atoms with Crippen LogP contribution in [0.25, 0.3) is 11.0 Å². The summed E-state index contributed by atoms with van der Waals surface area (Å²) in [7, 11) is 0. The lowest BCUT2D eigenvalue weighted by molar-refractivity contribution is -0.384. The molecule has 0 radical (unpaired) electrons. The second-order valence-electron chi connectivity index (χ2n) is 4.22. The van der Waals surface area contributed by atoms with Crippen LogP contribution in [0.15, 0.2) is 18.2 Å². The van der Waals surface area contributed by atoms with Gasteiger partial charge in [0, 0.05) is 18.2 Å². The molecule has 0 fully saturated rings. The molecule has 5 heteroatoms. The van der Waals surface area contributed by atoms with Crippen LogP contribution in [0.3, 0.4) is 0 Å². The van der Waals surface area contributed by atoms with Gasteiger partial charge in [-0.3, -0.25) is 10.1 Å². The van der Waals surface area contributed by atoms with Gasteiger partial charge in [0.1, 0.15) is 5.82 Å². The molecule has 17 heavy (non-hydrogen) atoms. The highest BCUT2D eigenvalue weighted by Gasteiger charge is 2.14. The molecular weight excluding hydrogens is 218 g/mol. The minimum absolute atomic E-state index is 0.0892. The molecule has 1 atom stereocenters. The minimum atomic E-state index is -0.392. The summed E-state index contributed by atoms with van der Waals surface area (Å²) in [6.45, 7) is 6.16. The van der Waals surface area contributed by atoms with Crippen LogP contribution in [0.2, 0.25) is 0 Å². The van der Waals surface area contributed by atoms with E-state index < -0.39 is 4.92 Å². The molecular formula is C12H15N3O2. The number of aryl methyl sites for hydroxylation is 1. The normalized spacial score (nSPS) is 12.9. The largest absolute Gasteiger partial charge is 0.325 e. The van der Waals surface area contributed by atoms with Gasteiger partial charge in [-0.25, -0.2) is 4.98 Å². The van der Waals surface area contributed by atoms with E-state index in [4.69, 9.17) is 0 Å². The summed E-state index contributed by atoms with van der Waals surface area (Å²) < 4.78 is 2.12. The van der Waals surface area contributed by atoms with Gasteiger partial charge >= 0.3 is 0 Å². The third-order valence-corrected chi connectivity index (χ3v) is 3.09. The van der Waals surface area contributed by atoms with Crippen molar-refractivity contribution in [1.82, 2.24) is 9.55 Å². The predicted octanol–water partition coefficient (Wildman–Crippen LogP) is 3.22. The van der Waals surface area contributed by atoms with Crippen molar-refractivity contribution in [1.29, 1.82) is 0 Å².